The summed E-state index contributed by atoms with van der Waals surface area (Å²) in [5, 5.41) is 9.02. The molecule has 0 aliphatic heterocycles. The Morgan fingerprint density at radius 1 is 1.35 bits per heavy atom. The number of carboxylic acid groups (broad SMARTS) is 1. The highest BCUT2D eigenvalue weighted by molar-refractivity contribution is 5.91. The smallest absolute Gasteiger partial charge is 0.339 e. The molecule has 0 saturated heterocycles. The highest BCUT2D eigenvalue weighted by Gasteiger charge is 2.13. The van der Waals surface area contributed by atoms with Gasteiger partial charge in [-0.25, -0.2) is 4.79 Å². The molecule has 4 heteroatoms. The highest BCUT2D eigenvalue weighted by atomic mass is 16.5. The van der Waals surface area contributed by atoms with Crippen LogP contribution in [0, 0.1) is 5.92 Å². The zero-order chi connectivity index (χ0) is 15.0. The van der Waals surface area contributed by atoms with Crippen molar-refractivity contribution < 1.29 is 19.4 Å². The minimum absolute atomic E-state index is 0.151. The Bertz CT molecular complexity index is 428. The number of carboxylic acids is 1. The van der Waals surface area contributed by atoms with E-state index in [0.29, 0.717) is 24.0 Å². The van der Waals surface area contributed by atoms with E-state index in [4.69, 9.17) is 14.6 Å². The predicted molar refractivity (Wildman–Crippen MR) is 78.8 cm³/mol. The largest absolute Gasteiger partial charge is 0.496 e. The first-order valence-corrected chi connectivity index (χ1v) is 7.16. The Balaban J connectivity index is 2.66. The molecule has 4 nitrogen and oxygen atoms in total. The number of methoxy groups -OCH3 is 1. The van der Waals surface area contributed by atoms with Crippen LogP contribution >= 0.6 is 0 Å². The summed E-state index contributed by atoms with van der Waals surface area (Å²) in [4.78, 5) is 11.0. The van der Waals surface area contributed by atoms with Gasteiger partial charge >= 0.3 is 5.97 Å². The SMILES string of the molecule is CCCCC(CC)COc1ccc(C(=O)O)c(OC)c1. The Morgan fingerprint density at radius 3 is 2.65 bits per heavy atom. The molecule has 0 heterocycles. The Morgan fingerprint density at radius 2 is 2.10 bits per heavy atom. The average Bonchev–Trinajstić information content (AvgIpc) is 2.47. The summed E-state index contributed by atoms with van der Waals surface area (Å²) in [5.74, 6) is 0.529. The molecule has 0 aliphatic carbocycles. The monoisotopic (exact) mass is 280 g/mol. The van der Waals surface area contributed by atoms with Crippen molar-refractivity contribution >= 4 is 5.97 Å². The van der Waals surface area contributed by atoms with E-state index in [2.05, 4.69) is 13.8 Å². The first kappa shape index (κ1) is 16.3. The number of benzene rings is 1. The van der Waals surface area contributed by atoms with Crippen LogP contribution in [0.3, 0.4) is 0 Å². The Hall–Kier alpha value is -1.71. The summed E-state index contributed by atoms with van der Waals surface area (Å²) in [6.07, 6.45) is 4.66. The van der Waals surface area contributed by atoms with Crippen LogP contribution in [0.5, 0.6) is 11.5 Å². The first-order valence-electron chi connectivity index (χ1n) is 7.16. The molecule has 0 aliphatic rings. The minimum atomic E-state index is -0.997. The summed E-state index contributed by atoms with van der Waals surface area (Å²) in [6.45, 7) is 5.01. The maximum absolute atomic E-state index is 11.0. The van der Waals surface area contributed by atoms with Crippen molar-refractivity contribution in [3.8, 4) is 11.5 Å². The van der Waals surface area contributed by atoms with E-state index in [0.717, 1.165) is 12.8 Å². The second-order valence-corrected chi connectivity index (χ2v) is 4.89. The Kier molecular flexibility index (Phi) is 6.91. The van der Waals surface area contributed by atoms with E-state index in [9.17, 15) is 4.79 Å². The number of hydrogen-bond acceptors (Lipinski definition) is 3. The van der Waals surface area contributed by atoms with Crippen LogP contribution in [-0.2, 0) is 0 Å². The summed E-state index contributed by atoms with van der Waals surface area (Å²) in [7, 11) is 1.46. The van der Waals surface area contributed by atoms with Gasteiger partial charge in [-0.2, -0.15) is 0 Å². The highest BCUT2D eigenvalue weighted by Crippen LogP contribution is 2.25. The fourth-order valence-electron chi connectivity index (χ4n) is 2.05. The third-order valence-electron chi connectivity index (χ3n) is 3.43. The van der Waals surface area contributed by atoms with Gasteiger partial charge in [0, 0.05) is 6.07 Å². The lowest BCUT2D eigenvalue weighted by molar-refractivity contribution is 0.0693. The molecule has 1 unspecified atom stereocenters. The normalized spacial score (nSPS) is 11.9. The fourth-order valence-corrected chi connectivity index (χ4v) is 2.05. The van der Waals surface area contributed by atoms with Crippen molar-refractivity contribution in [2.45, 2.75) is 39.5 Å². The fraction of sp³-hybridized carbons (Fsp3) is 0.562. The molecule has 0 aromatic heterocycles. The van der Waals surface area contributed by atoms with E-state index in [1.807, 2.05) is 0 Å². The number of rotatable bonds is 9. The van der Waals surface area contributed by atoms with Crippen LogP contribution in [-0.4, -0.2) is 24.8 Å². The van der Waals surface area contributed by atoms with Crippen molar-refractivity contribution in [1.29, 1.82) is 0 Å². The van der Waals surface area contributed by atoms with Crippen LogP contribution in [0.25, 0.3) is 0 Å². The number of aromatic carboxylic acids is 1. The number of unbranched alkanes of at least 4 members (excludes halogenated alkanes) is 1. The van der Waals surface area contributed by atoms with Crippen LogP contribution in [0.1, 0.15) is 49.9 Å². The van der Waals surface area contributed by atoms with Gasteiger partial charge in [0.2, 0.25) is 0 Å². The Labute approximate surface area is 120 Å². The molecule has 0 saturated carbocycles. The third kappa shape index (κ3) is 4.76. The van der Waals surface area contributed by atoms with E-state index in [-0.39, 0.29) is 5.56 Å². The van der Waals surface area contributed by atoms with Crippen molar-refractivity contribution in [3.05, 3.63) is 23.8 Å². The van der Waals surface area contributed by atoms with Gasteiger partial charge in [0.05, 0.1) is 13.7 Å². The first-order chi connectivity index (χ1) is 9.62. The van der Waals surface area contributed by atoms with Gasteiger partial charge in [-0.15, -0.1) is 0 Å². The molecule has 1 aromatic carbocycles. The average molecular weight is 280 g/mol. The molecule has 1 aromatic rings. The van der Waals surface area contributed by atoms with Crippen LogP contribution < -0.4 is 9.47 Å². The molecule has 0 bridgehead atoms. The molecular weight excluding hydrogens is 256 g/mol. The van der Waals surface area contributed by atoms with E-state index in [1.165, 1.54) is 26.0 Å². The lowest BCUT2D eigenvalue weighted by Crippen LogP contribution is -2.11. The third-order valence-corrected chi connectivity index (χ3v) is 3.43. The van der Waals surface area contributed by atoms with Crippen molar-refractivity contribution in [2.24, 2.45) is 5.92 Å². The van der Waals surface area contributed by atoms with Crippen LogP contribution in [0.15, 0.2) is 18.2 Å². The summed E-state index contributed by atoms with van der Waals surface area (Å²) in [6, 6.07) is 4.83. The maximum Gasteiger partial charge on any atom is 0.339 e. The zero-order valence-corrected chi connectivity index (χ0v) is 12.5. The lowest BCUT2D eigenvalue weighted by atomic mass is 10.0. The van der Waals surface area contributed by atoms with Crippen LogP contribution in [0.2, 0.25) is 0 Å². The molecule has 0 radical (unpaired) electrons. The molecule has 1 N–H and O–H groups in total. The van der Waals surface area contributed by atoms with Gasteiger partial charge in [-0.3, -0.25) is 0 Å². The lowest BCUT2D eigenvalue weighted by Gasteiger charge is -2.16. The molecule has 1 atom stereocenters. The molecule has 0 amide bonds. The standard InChI is InChI=1S/C16H24O4/c1-4-6-7-12(5-2)11-20-13-8-9-14(16(17)18)15(10-13)19-3/h8-10,12H,4-7,11H2,1-3H3,(H,17,18). The van der Waals surface area contributed by atoms with Crippen molar-refractivity contribution in [2.75, 3.05) is 13.7 Å². The maximum atomic E-state index is 11.0. The van der Waals surface area contributed by atoms with Gasteiger partial charge in [0.25, 0.3) is 0 Å². The van der Waals surface area contributed by atoms with Crippen LogP contribution in [0.4, 0.5) is 0 Å². The quantitative estimate of drug-likeness (QED) is 0.743. The van der Waals surface area contributed by atoms with Gasteiger partial charge < -0.3 is 14.6 Å². The molecule has 1 rings (SSSR count). The summed E-state index contributed by atoms with van der Waals surface area (Å²) in [5.41, 5.74) is 0.151. The minimum Gasteiger partial charge on any atom is -0.496 e. The van der Waals surface area contributed by atoms with Gasteiger partial charge in [-0.1, -0.05) is 33.1 Å². The molecule has 112 valence electrons. The molecular formula is C16H24O4. The number of carbonyl (C=O) groups is 1. The van der Waals surface area contributed by atoms with Gasteiger partial charge in [-0.05, 0) is 24.5 Å². The summed E-state index contributed by atoms with van der Waals surface area (Å²) < 4.78 is 10.8. The van der Waals surface area contributed by atoms with Gasteiger partial charge in [0.15, 0.2) is 0 Å². The van der Waals surface area contributed by atoms with Crippen molar-refractivity contribution in [3.63, 3.8) is 0 Å². The summed E-state index contributed by atoms with van der Waals surface area (Å²) >= 11 is 0. The number of hydrogen-bond donors (Lipinski definition) is 1. The molecule has 0 fully saturated rings. The zero-order valence-electron chi connectivity index (χ0n) is 12.5. The van der Waals surface area contributed by atoms with E-state index >= 15 is 0 Å². The van der Waals surface area contributed by atoms with Gasteiger partial charge in [0.1, 0.15) is 17.1 Å². The second kappa shape index (κ2) is 8.46. The topological polar surface area (TPSA) is 55.8 Å². The number of ether oxygens (including phenoxy) is 2. The molecule has 20 heavy (non-hydrogen) atoms. The van der Waals surface area contributed by atoms with E-state index in [1.54, 1.807) is 12.1 Å². The second-order valence-electron chi connectivity index (χ2n) is 4.89. The predicted octanol–water partition coefficient (Wildman–Crippen LogP) is 3.99. The van der Waals surface area contributed by atoms with E-state index < -0.39 is 5.97 Å². The molecule has 0 spiro atoms. The van der Waals surface area contributed by atoms with Crippen molar-refractivity contribution in [1.82, 2.24) is 0 Å².